The number of ether oxygens (including phenoxy) is 2. The van der Waals surface area contributed by atoms with Gasteiger partial charge in [0.05, 0.1) is 13.2 Å². The fourth-order valence-electron chi connectivity index (χ4n) is 2.63. The minimum atomic E-state index is -0.349. The van der Waals surface area contributed by atoms with Crippen LogP contribution in [0.15, 0.2) is 29.1 Å². The molecule has 1 aliphatic carbocycles. The van der Waals surface area contributed by atoms with E-state index in [4.69, 9.17) is 14.3 Å². The Morgan fingerprint density at radius 1 is 1.30 bits per heavy atom. The summed E-state index contributed by atoms with van der Waals surface area (Å²) in [5.74, 6) is 0.664. The first-order chi connectivity index (χ1) is 11.3. The Kier molecular flexibility index (Phi) is 7.70. The molecule has 0 fully saturated rings. The van der Waals surface area contributed by atoms with Crippen molar-refractivity contribution in [2.45, 2.75) is 64.4 Å². The molecule has 0 amide bonds. The first-order valence-corrected chi connectivity index (χ1v) is 8.69. The number of carbonyl (C=O) groups is 1. The summed E-state index contributed by atoms with van der Waals surface area (Å²) in [6.45, 7) is 2.94. The van der Waals surface area contributed by atoms with Gasteiger partial charge in [0.15, 0.2) is 5.71 Å². The van der Waals surface area contributed by atoms with Crippen molar-refractivity contribution in [2.24, 2.45) is 5.16 Å². The van der Waals surface area contributed by atoms with Gasteiger partial charge in [-0.1, -0.05) is 24.1 Å². The Morgan fingerprint density at radius 2 is 2.17 bits per heavy atom. The summed E-state index contributed by atoms with van der Waals surface area (Å²) >= 11 is 0. The third-order valence-corrected chi connectivity index (χ3v) is 3.89. The Bertz CT molecular complexity index is 468. The average Bonchev–Trinajstić information content (AvgIpc) is 3.04. The Labute approximate surface area is 138 Å². The van der Waals surface area contributed by atoms with Gasteiger partial charge in [-0.3, -0.25) is 0 Å². The van der Waals surface area contributed by atoms with Crippen LogP contribution in [0.1, 0.15) is 58.3 Å². The van der Waals surface area contributed by atoms with Crippen LogP contribution < -0.4 is 0 Å². The highest BCUT2D eigenvalue weighted by molar-refractivity contribution is 6.36. The summed E-state index contributed by atoms with van der Waals surface area (Å²) in [7, 11) is 0. The Morgan fingerprint density at radius 3 is 2.96 bits per heavy atom. The number of hydrogen-bond donors (Lipinski definition) is 0. The molecule has 1 unspecified atom stereocenters. The predicted octanol–water partition coefficient (Wildman–Crippen LogP) is 3.90. The SMILES string of the molecule is CCOC(=O)C1=NOC(CCCCCCOC2=CCCC=C2)C1. The van der Waals surface area contributed by atoms with Gasteiger partial charge in [-0.05, 0) is 51.2 Å². The lowest BCUT2D eigenvalue weighted by molar-refractivity contribution is -0.135. The first kappa shape index (κ1) is 17.6. The molecular formula is C18H27NO4. The van der Waals surface area contributed by atoms with Gasteiger partial charge < -0.3 is 14.3 Å². The van der Waals surface area contributed by atoms with Crippen molar-refractivity contribution >= 4 is 11.7 Å². The zero-order valence-electron chi connectivity index (χ0n) is 14.0. The largest absolute Gasteiger partial charge is 0.494 e. The van der Waals surface area contributed by atoms with Gasteiger partial charge in [0.1, 0.15) is 11.9 Å². The highest BCUT2D eigenvalue weighted by atomic mass is 16.6. The van der Waals surface area contributed by atoms with E-state index in [0.717, 1.165) is 57.3 Å². The second kappa shape index (κ2) is 10.1. The van der Waals surface area contributed by atoms with E-state index in [1.807, 2.05) is 0 Å². The Hall–Kier alpha value is -1.78. The number of unbranched alkanes of at least 4 members (excludes halogenated alkanes) is 3. The van der Waals surface area contributed by atoms with Gasteiger partial charge in [0.2, 0.25) is 0 Å². The highest BCUT2D eigenvalue weighted by Crippen LogP contribution is 2.18. The molecule has 1 heterocycles. The summed E-state index contributed by atoms with van der Waals surface area (Å²) in [5, 5.41) is 3.83. The summed E-state index contributed by atoms with van der Waals surface area (Å²) in [6.07, 6.45) is 14.6. The molecule has 1 atom stereocenters. The van der Waals surface area contributed by atoms with Crippen LogP contribution in [0, 0.1) is 0 Å². The van der Waals surface area contributed by atoms with E-state index in [9.17, 15) is 4.79 Å². The zero-order chi connectivity index (χ0) is 16.3. The van der Waals surface area contributed by atoms with Crippen LogP contribution in [0.2, 0.25) is 0 Å². The van der Waals surface area contributed by atoms with Crippen molar-refractivity contribution < 1.29 is 19.1 Å². The standard InChI is InChI=1S/C18H27NO4/c1-2-21-18(20)17-14-16(23-19-17)12-6-3-4-9-13-22-15-10-7-5-8-11-15/h7,10-11,16H,2-6,8-9,12-14H2,1H3. The molecule has 2 aliphatic rings. The van der Waals surface area contributed by atoms with E-state index < -0.39 is 0 Å². The minimum Gasteiger partial charge on any atom is -0.494 e. The fourth-order valence-corrected chi connectivity index (χ4v) is 2.63. The molecule has 0 aromatic rings. The quantitative estimate of drug-likeness (QED) is 0.452. The van der Waals surface area contributed by atoms with Crippen molar-refractivity contribution in [1.29, 1.82) is 0 Å². The lowest BCUT2D eigenvalue weighted by Gasteiger charge is -2.10. The topological polar surface area (TPSA) is 57.1 Å². The van der Waals surface area contributed by atoms with Crippen molar-refractivity contribution in [2.75, 3.05) is 13.2 Å². The molecule has 0 saturated carbocycles. The van der Waals surface area contributed by atoms with Crippen LogP contribution in [0.3, 0.4) is 0 Å². The van der Waals surface area contributed by atoms with Crippen molar-refractivity contribution in [1.82, 2.24) is 0 Å². The van der Waals surface area contributed by atoms with Gasteiger partial charge in [-0.2, -0.15) is 0 Å². The lowest BCUT2D eigenvalue weighted by Crippen LogP contribution is -2.18. The van der Waals surface area contributed by atoms with E-state index >= 15 is 0 Å². The Balaban J connectivity index is 1.45. The maximum absolute atomic E-state index is 11.5. The molecule has 0 N–H and O–H groups in total. The molecule has 0 aromatic heterocycles. The summed E-state index contributed by atoms with van der Waals surface area (Å²) in [5.41, 5.74) is 0.416. The number of allylic oxidation sites excluding steroid dienone is 3. The van der Waals surface area contributed by atoms with Gasteiger partial charge in [-0.25, -0.2) is 4.79 Å². The van der Waals surface area contributed by atoms with Crippen LogP contribution in [0.25, 0.3) is 0 Å². The normalized spacial score (nSPS) is 19.8. The van der Waals surface area contributed by atoms with E-state index in [0.29, 0.717) is 18.7 Å². The first-order valence-electron chi connectivity index (χ1n) is 8.69. The molecule has 0 aromatic carbocycles. The van der Waals surface area contributed by atoms with Crippen LogP contribution >= 0.6 is 0 Å². The van der Waals surface area contributed by atoms with Gasteiger partial charge in [0, 0.05) is 6.42 Å². The molecule has 0 radical (unpaired) electrons. The third-order valence-electron chi connectivity index (χ3n) is 3.89. The number of nitrogens with zero attached hydrogens (tertiary/aromatic N) is 1. The second-order valence-electron chi connectivity index (χ2n) is 5.83. The number of esters is 1. The van der Waals surface area contributed by atoms with Crippen molar-refractivity contribution in [3.8, 4) is 0 Å². The van der Waals surface area contributed by atoms with E-state index in [1.165, 1.54) is 0 Å². The maximum atomic E-state index is 11.5. The number of oxime groups is 1. The molecule has 5 nitrogen and oxygen atoms in total. The maximum Gasteiger partial charge on any atom is 0.356 e. The number of carbonyl (C=O) groups excluding carboxylic acids is 1. The molecule has 1 aliphatic heterocycles. The molecule has 0 saturated heterocycles. The molecule has 5 heteroatoms. The average molecular weight is 321 g/mol. The monoisotopic (exact) mass is 321 g/mol. The zero-order valence-corrected chi connectivity index (χ0v) is 14.0. The molecule has 23 heavy (non-hydrogen) atoms. The van der Waals surface area contributed by atoms with E-state index in [-0.39, 0.29) is 12.1 Å². The molecular weight excluding hydrogens is 294 g/mol. The lowest BCUT2D eigenvalue weighted by atomic mass is 10.1. The molecule has 2 rings (SSSR count). The third kappa shape index (κ3) is 6.47. The number of hydrogen-bond acceptors (Lipinski definition) is 5. The summed E-state index contributed by atoms with van der Waals surface area (Å²) in [4.78, 5) is 16.8. The minimum absolute atomic E-state index is 0.0307. The fraction of sp³-hybridized carbons (Fsp3) is 0.667. The van der Waals surface area contributed by atoms with Gasteiger partial charge in [0.25, 0.3) is 0 Å². The van der Waals surface area contributed by atoms with Crippen LogP contribution in [0.5, 0.6) is 0 Å². The van der Waals surface area contributed by atoms with Crippen LogP contribution in [-0.2, 0) is 19.1 Å². The molecule has 128 valence electrons. The van der Waals surface area contributed by atoms with E-state index in [2.05, 4.69) is 23.4 Å². The number of rotatable bonds is 10. The van der Waals surface area contributed by atoms with E-state index in [1.54, 1.807) is 6.92 Å². The van der Waals surface area contributed by atoms with Crippen molar-refractivity contribution in [3.63, 3.8) is 0 Å². The van der Waals surface area contributed by atoms with Gasteiger partial charge in [-0.15, -0.1) is 0 Å². The van der Waals surface area contributed by atoms with Crippen LogP contribution in [-0.4, -0.2) is 31.0 Å². The second-order valence-corrected chi connectivity index (χ2v) is 5.83. The molecule has 0 bridgehead atoms. The molecule has 0 spiro atoms. The van der Waals surface area contributed by atoms with Crippen molar-refractivity contribution in [3.05, 3.63) is 24.0 Å². The van der Waals surface area contributed by atoms with Gasteiger partial charge >= 0.3 is 5.97 Å². The highest BCUT2D eigenvalue weighted by Gasteiger charge is 2.26. The predicted molar refractivity (Wildman–Crippen MR) is 89.1 cm³/mol. The summed E-state index contributed by atoms with van der Waals surface area (Å²) < 4.78 is 10.6. The van der Waals surface area contributed by atoms with Crippen LogP contribution in [0.4, 0.5) is 0 Å². The smallest absolute Gasteiger partial charge is 0.356 e. The summed E-state index contributed by atoms with van der Waals surface area (Å²) in [6, 6.07) is 0.